The van der Waals surface area contributed by atoms with Crippen molar-refractivity contribution in [3.8, 4) is 0 Å². The first kappa shape index (κ1) is 17.3. The van der Waals surface area contributed by atoms with Crippen molar-refractivity contribution in [3.05, 3.63) is 71.7 Å². The highest BCUT2D eigenvalue weighted by Gasteiger charge is 2.40. The van der Waals surface area contributed by atoms with Gasteiger partial charge < -0.3 is 14.3 Å². The monoisotopic (exact) mass is 400 g/mol. The number of carbonyl (C=O) groups is 1. The normalized spacial score (nSPS) is 21.0. The lowest BCUT2D eigenvalue weighted by molar-refractivity contribution is 0.0627. The molecule has 4 heterocycles. The summed E-state index contributed by atoms with van der Waals surface area (Å²) in [7, 11) is 0. The van der Waals surface area contributed by atoms with Crippen molar-refractivity contribution < 1.29 is 9.21 Å². The van der Waals surface area contributed by atoms with Gasteiger partial charge in [-0.3, -0.25) is 9.78 Å². The molecule has 8 nitrogen and oxygen atoms in total. The maximum Gasteiger partial charge on any atom is 0.312 e. The summed E-state index contributed by atoms with van der Waals surface area (Å²) in [6.07, 6.45) is 5.60. The molecule has 1 N–H and O–H groups in total. The van der Waals surface area contributed by atoms with Crippen molar-refractivity contribution in [2.24, 2.45) is 0 Å². The zero-order valence-corrected chi connectivity index (χ0v) is 16.4. The number of carbonyl (C=O) groups excluding carboxylic acids is 1. The topological polar surface area (TPSA) is 101 Å². The summed E-state index contributed by atoms with van der Waals surface area (Å²) in [6.45, 7) is 2.58. The van der Waals surface area contributed by atoms with E-state index in [-0.39, 0.29) is 17.7 Å². The Kier molecular flexibility index (Phi) is 3.74. The number of hydrogen-bond donors (Lipinski definition) is 1. The van der Waals surface area contributed by atoms with E-state index in [4.69, 9.17) is 4.42 Å². The molecule has 6 rings (SSSR count). The van der Waals surface area contributed by atoms with E-state index in [9.17, 15) is 4.79 Å². The number of hydrogen-bond acceptors (Lipinski definition) is 6. The molecule has 3 aromatic heterocycles. The molecule has 150 valence electrons. The highest BCUT2D eigenvalue weighted by Crippen LogP contribution is 2.41. The van der Waals surface area contributed by atoms with E-state index in [1.165, 1.54) is 0 Å². The zero-order valence-electron chi connectivity index (χ0n) is 16.4. The van der Waals surface area contributed by atoms with Crippen molar-refractivity contribution in [2.45, 2.75) is 37.6 Å². The minimum absolute atomic E-state index is 0.0360. The number of pyridine rings is 1. The Bertz CT molecular complexity index is 1260. The third-order valence-electron chi connectivity index (χ3n) is 5.98. The van der Waals surface area contributed by atoms with Gasteiger partial charge in [0, 0.05) is 35.7 Å². The number of nitrogens with one attached hydrogen (secondary N) is 1. The van der Waals surface area contributed by atoms with Crippen LogP contribution in [0.1, 0.15) is 71.3 Å². The van der Waals surface area contributed by atoms with Crippen LogP contribution in [0.3, 0.4) is 0 Å². The van der Waals surface area contributed by atoms with Crippen LogP contribution in [-0.4, -0.2) is 42.5 Å². The van der Waals surface area contributed by atoms with E-state index >= 15 is 0 Å². The fraction of sp³-hybridized carbons (Fsp3) is 0.318. The van der Waals surface area contributed by atoms with Gasteiger partial charge in [0.1, 0.15) is 6.04 Å². The Labute approximate surface area is 172 Å². The summed E-state index contributed by atoms with van der Waals surface area (Å²) in [5.41, 5.74) is 2.61. The standard InChI is InChI=1S/C22H20N6O2/c1-12-10-28(22(29)21-27-26-20(30-21)13-6-7-13)19(18-17(12)24-11-25-18)16-8-14-4-2-3-5-15(14)9-23-16/h2-5,8-9,11-13,19H,6-7,10H2,1H3,(H,24,25)/t12-,19+/m0/s1. The van der Waals surface area contributed by atoms with Crippen molar-refractivity contribution in [1.29, 1.82) is 0 Å². The summed E-state index contributed by atoms with van der Waals surface area (Å²) >= 11 is 0. The minimum Gasteiger partial charge on any atom is -0.417 e. The van der Waals surface area contributed by atoms with Gasteiger partial charge in [-0.25, -0.2) is 4.98 Å². The van der Waals surface area contributed by atoms with Gasteiger partial charge in [0.2, 0.25) is 5.89 Å². The Hall–Kier alpha value is -3.55. The van der Waals surface area contributed by atoms with E-state index < -0.39 is 6.04 Å². The van der Waals surface area contributed by atoms with Crippen molar-refractivity contribution >= 4 is 16.7 Å². The van der Waals surface area contributed by atoms with Gasteiger partial charge in [-0.1, -0.05) is 31.2 Å². The van der Waals surface area contributed by atoms with Crippen molar-refractivity contribution in [3.63, 3.8) is 0 Å². The Morgan fingerprint density at radius 1 is 1.17 bits per heavy atom. The molecule has 1 aliphatic carbocycles. The van der Waals surface area contributed by atoms with Gasteiger partial charge >= 0.3 is 11.8 Å². The first-order chi connectivity index (χ1) is 14.7. The lowest BCUT2D eigenvalue weighted by Crippen LogP contribution is -2.42. The van der Waals surface area contributed by atoms with Crippen LogP contribution in [0.15, 0.2) is 47.3 Å². The predicted octanol–water partition coefficient (Wildman–Crippen LogP) is 3.57. The van der Waals surface area contributed by atoms with Gasteiger partial charge in [0.25, 0.3) is 0 Å². The van der Waals surface area contributed by atoms with Crippen LogP contribution in [-0.2, 0) is 0 Å². The highest BCUT2D eigenvalue weighted by molar-refractivity contribution is 5.90. The molecule has 1 fully saturated rings. The van der Waals surface area contributed by atoms with E-state index in [2.05, 4.69) is 32.1 Å². The SMILES string of the molecule is C[C@H]1CN(C(=O)c2nnc(C3CC3)o2)[C@H](c2cc3ccccc3cn2)c2nc[nH]c21. The summed E-state index contributed by atoms with van der Waals surface area (Å²) < 4.78 is 5.72. The number of nitrogens with zero attached hydrogens (tertiary/aromatic N) is 5. The largest absolute Gasteiger partial charge is 0.417 e. The highest BCUT2D eigenvalue weighted by atomic mass is 16.4. The third-order valence-corrected chi connectivity index (χ3v) is 5.98. The Morgan fingerprint density at radius 2 is 2.00 bits per heavy atom. The lowest BCUT2D eigenvalue weighted by atomic mass is 9.92. The van der Waals surface area contributed by atoms with E-state index in [0.717, 1.165) is 40.7 Å². The number of benzene rings is 1. The van der Waals surface area contributed by atoms with Gasteiger partial charge in [-0.2, -0.15) is 0 Å². The molecule has 0 saturated heterocycles. The maximum atomic E-state index is 13.4. The molecule has 2 aliphatic rings. The number of aromatic amines is 1. The Balaban J connectivity index is 1.45. The number of amides is 1. The molecule has 0 unspecified atom stereocenters. The molecular formula is C22H20N6O2. The van der Waals surface area contributed by atoms with Crippen molar-refractivity contribution in [2.75, 3.05) is 6.54 Å². The quantitative estimate of drug-likeness (QED) is 0.564. The molecule has 0 spiro atoms. The predicted molar refractivity (Wildman–Crippen MR) is 108 cm³/mol. The van der Waals surface area contributed by atoms with Crippen LogP contribution in [0, 0.1) is 0 Å². The number of aromatic nitrogens is 5. The van der Waals surface area contributed by atoms with Crippen LogP contribution in [0.5, 0.6) is 0 Å². The average Bonchev–Trinajstić information content (AvgIpc) is 3.29. The van der Waals surface area contributed by atoms with Gasteiger partial charge in [-0.05, 0) is 24.3 Å². The zero-order chi connectivity index (χ0) is 20.2. The molecule has 1 aliphatic heterocycles. The smallest absolute Gasteiger partial charge is 0.312 e. The average molecular weight is 400 g/mol. The number of rotatable bonds is 3. The molecule has 0 bridgehead atoms. The summed E-state index contributed by atoms with van der Waals surface area (Å²) in [5.74, 6) is 0.720. The van der Waals surface area contributed by atoms with Gasteiger partial charge in [0.05, 0.1) is 17.7 Å². The fourth-order valence-electron chi connectivity index (χ4n) is 4.26. The summed E-state index contributed by atoms with van der Waals surface area (Å²) in [5, 5.41) is 10.2. The van der Waals surface area contributed by atoms with Crippen LogP contribution in [0.4, 0.5) is 0 Å². The van der Waals surface area contributed by atoms with Crippen LogP contribution in [0.2, 0.25) is 0 Å². The second-order valence-electron chi connectivity index (χ2n) is 8.14. The first-order valence-electron chi connectivity index (χ1n) is 10.2. The molecule has 2 atom stereocenters. The van der Waals surface area contributed by atoms with E-state index in [1.54, 1.807) is 11.2 Å². The van der Waals surface area contributed by atoms with E-state index in [0.29, 0.717) is 18.4 Å². The van der Waals surface area contributed by atoms with Crippen LogP contribution < -0.4 is 0 Å². The lowest BCUT2D eigenvalue weighted by Gasteiger charge is -2.36. The maximum absolute atomic E-state index is 13.4. The summed E-state index contributed by atoms with van der Waals surface area (Å²) in [4.78, 5) is 27.7. The molecule has 30 heavy (non-hydrogen) atoms. The van der Waals surface area contributed by atoms with Crippen LogP contribution in [0.25, 0.3) is 10.8 Å². The first-order valence-corrected chi connectivity index (χ1v) is 10.2. The van der Waals surface area contributed by atoms with Gasteiger partial charge in [0.15, 0.2) is 0 Å². The minimum atomic E-state index is -0.421. The fourth-order valence-corrected chi connectivity index (χ4v) is 4.26. The molecular weight excluding hydrogens is 380 g/mol. The Morgan fingerprint density at radius 3 is 2.83 bits per heavy atom. The van der Waals surface area contributed by atoms with E-state index in [1.807, 2.05) is 36.5 Å². The molecule has 8 heteroatoms. The number of fused-ring (bicyclic) bond motifs is 2. The number of imidazole rings is 1. The second kappa shape index (κ2) is 6.48. The third kappa shape index (κ3) is 2.71. The molecule has 1 saturated carbocycles. The second-order valence-corrected chi connectivity index (χ2v) is 8.14. The molecule has 4 aromatic rings. The molecule has 1 aromatic carbocycles. The van der Waals surface area contributed by atoms with Crippen molar-refractivity contribution in [1.82, 2.24) is 30.0 Å². The molecule has 1 amide bonds. The number of H-pyrrole nitrogens is 1. The van der Waals surface area contributed by atoms with Crippen LogP contribution >= 0.6 is 0 Å². The molecule has 0 radical (unpaired) electrons. The van der Waals surface area contributed by atoms with Gasteiger partial charge in [-0.15, -0.1) is 10.2 Å². The summed E-state index contributed by atoms with van der Waals surface area (Å²) in [6, 6.07) is 9.66.